The van der Waals surface area contributed by atoms with Crippen LogP contribution in [0, 0.1) is 17.3 Å². The maximum Gasteiger partial charge on any atom is 0.232 e. The average molecular weight is 532 g/mol. The van der Waals surface area contributed by atoms with Crippen LogP contribution in [0.5, 0.6) is 5.75 Å². The average Bonchev–Trinajstić information content (AvgIpc) is 3.46. The van der Waals surface area contributed by atoms with Crippen molar-refractivity contribution in [2.45, 2.75) is 90.4 Å². The number of pyridine rings is 1. The number of hydrogen-bond acceptors (Lipinski definition) is 6. The third kappa shape index (κ3) is 4.79. The Bertz CT molecular complexity index is 1280. The zero-order valence-corrected chi connectivity index (χ0v) is 23.9. The van der Waals surface area contributed by atoms with Gasteiger partial charge < -0.3 is 15.8 Å². The number of amides is 2. The molecule has 5 rings (SSSR count). The molecule has 1 aromatic heterocycles. The molecule has 1 fully saturated rings. The van der Waals surface area contributed by atoms with Crippen molar-refractivity contribution in [1.82, 2.24) is 15.2 Å². The minimum atomic E-state index is -0.476. The molecule has 3 heterocycles. The molecule has 4 atom stereocenters. The van der Waals surface area contributed by atoms with E-state index in [0.29, 0.717) is 12.8 Å². The van der Waals surface area contributed by atoms with E-state index in [1.54, 1.807) is 17.3 Å². The van der Waals surface area contributed by atoms with Crippen LogP contribution in [0.25, 0.3) is 0 Å². The van der Waals surface area contributed by atoms with Gasteiger partial charge in [0.05, 0.1) is 24.0 Å². The Kier molecular flexibility index (Phi) is 6.72. The lowest BCUT2D eigenvalue weighted by molar-refractivity contribution is -0.132. The van der Waals surface area contributed by atoms with Crippen molar-refractivity contribution < 1.29 is 14.3 Å². The molecule has 2 aliphatic heterocycles. The highest BCUT2D eigenvalue weighted by molar-refractivity contribution is 6.00. The molecule has 1 aromatic carbocycles. The number of aliphatic imine (C=N–C) groups is 1. The standard InChI is InChI=1S/C31H41N5O3/c1-7-31(8-2)17-23(37)36(28(32)35-31)26(19-12-11-15-33-18-19)24-25(30(24,5)6)27(38)34-21-16-29(3,4)39-22-14-10-9-13-20(21)22/h9-15,18,21,24-26H,7-8,16-17H2,1-6H3,(H2,32,35)(H,34,38). The quantitative estimate of drug-likeness (QED) is 0.527. The van der Waals surface area contributed by atoms with E-state index in [4.69, 9.17) is 15.5 Å². The number of rotatable bonds is 7. The molecule has 1 saturated carbocycles. The fourth-order valence-electron chi connectivity index (χ4n) is 6.81. The van der Waals surface area contributed by atoms with Gasteiger partial charge in [-0.2, -0.15) is 0 Å². The lowest BCUT2D eigenvalue weighted by Gasteiger charge is -2.40. The first-order valence-corrected chi connectivity index (χ1v) is 14.1. The van der Waals surface area contributed by atoms with E-state index in [1.165, 1.54) is 0 Å². The van der Waals surface area contributed by atoms with Gasteiger partial charge in [-0.05, 0) is 49.8 Å². The molecule has 3 aliphatic rings. The molecule has 0 radical (unpaired) electrons. The summed E-state index contributed by atoms with van der Waals surface area (Å²) in [5, 5.41) is 3.34. The fraction of sp³-hybridized carbons (Fsp3) is 0.548. The molecule has 3 N–H and O–H groups in total. The van der Waals surface area contributed by atoms with Gasteiger partial charge in [0, 0.05) is 36.2 Å². The number of nitrogens with zero attached hydrogens (tertiary/aromatic N) is 3. The number of nitrogens with two attached hydrogens (primary N) is 1. The summed E-state index contributed by atoms with van der Waals surface area (Å²) < 4.78 is 6.17. The van der Waals surface area contributed by atoms with Crippen molar-refractivity contribution >= 4 is 17.8 Å². The van der Waals surface area contributed by atoms with Gasteiger partial charge in [0.1, 0.15) is 11.4 Å². The summed E-state index contributed by atoms with van der Waals surface area (Å²) in [5.41, 5.74) is 7.16. The Labute approximate surface area is 231 Å². The first kappa shape index (κ1) is 27.2. The molecule has 8 nitrogen and oxygen atoms in total. The predicted molar refractivity (Wildman–Crippen MR) is 151 cm³/mol. The van der Waals surface area contributed by atoms with Crippen LogP contribution in [0.1, 0.15) is 90.4 Å². The van der Waals surface area contributed by atoms with Gasteiger partial charge in [0.15, 0.2) is 5.96 Å². The summed E-state index contributed by atoms with van der Waals surface area (Å²) in [5.74, 6) is 0.487. The van der Waals surface area contributed by atoms with Gasteiger partial charge in [-0.25, -0.2) is 4.99 Å². The number of fused-ring (bicyclic) bond motifs is 1. The Morgan fingerprint density at radius 2 is 1.87 bits per heavy atom. The molecule has 0 spiro atoms. The van der Waals surface area contributed by atoms with Gasteiger partial charge in [-0.1, -0.05) is 52.0 Å². The van der Waals surface area contributed by atoms with E-state index in [0.717, 1.165) is 29.7 Å². The van der Waals surface area contributed by atoms with Crippen LogP contribution in [0.3, 0.4) is 0 Å². The Hall–Kier alpha value is -3.42. The molecule has 0 saturated heterocycles. The highest BCUT2D eigenvalue weighted by atomic mass is 16.5. The smallest absolute Gasteiger partial charge is 0.232 e. The summed E-state index contributed by atoms with van der Waals surface area (Å²) in [4.78, 5) is 38.5. The molecule has 0 bridgehead atoms. The largest absolute Gasteiger partial charge is 0.487 e. The van der Waals surface area contributed by atoms with Crippen molar-refractivity contribution in [3.63, 3.8) is 0 Å². The van der Waals surface area contributed by atoms with Crippen LogP contribution in [0.2, 0.25) is 0 Å². The predicted octanol–water partition coefficient (Wildman–Crippen LogP) is 4.92. The van der Waals surface area contributed by atoms with E-state index in [2.05, 4.69) is 24.1 Å². The first-order chi connectivity index (χ1) is 18.4. The second kappa shape index (κ2) is 9.65. The van der Waals surface area contributed by atoms with E-state index in [-0.39, 0.29) is 41.1 Å². The normalized spacial score (nSPS) is 27.0. The minimum absolute atomic E-state index is 0.0205. The highest BCUT2D eigenvalue weighted by Gasteiger charge is 2.67. The van der Waals surface area contributed by atoms with E-state index in [9.17, 15) is 9.59 Å². The van der Waals surface area contributed by atoms with Crippen LogP contribution < -0.4 is 15.8 Å². The minimum Gasteiger partial charge on any atom is -0.487 e. The summed E-state index contributed by atoms with van der Waals surface area (Å²) in [6.07, 6.45) is 5.93. The molecule has 2 aromatic rings. The zero-order valence-electron chi connectivity index (χ0n) is 23.9. The Balaban J connectivity index is 1.47. The van der Waals surface area contributed by atoms with Crippen LogP contribution in [-0.2, 0) is 9.59 Å². The molecule has 4 unspecified atom stereocenters. The van der Waals surface area contributed by atoms with Gasteiger partial charge in [0.25, 0.3) is 0 Å². The van der Waals surface area contributed by atoms with E-state index in [1.807, 2.05) is 64.1 Å². The van der Waals surface area contributed by atoms with Crippen LogP contribution in [0.15, 0.2) is 53.8 Å². The molecular formula is C31H41N5O3. The number of ether oxygens (including phenoxy) is 1. The second-order valence-electron chi connectivity index (χ2n) is 12.6. The summed E-state index contributed by atoms with van der Waals surface area (Å²) >= 11 is 0. The number of carbonyl (C=O) groups excluding carboxylic acids is 2. The summed E-state index contributed by atoms with van der Waals surface area (Å²) in [7, 11) is 0. The third-order valence-electron chi connectivity index (χ3n) is 9.19. The number of hydrogen-bond donors (Lipinski definition) is 2. The van der Waals surface area contributed by atoms with Crippen molar-refractivity contribution in [2.24, 2.45) is 28.0 Å². The number of guanidine groups is 1. The molecule has 39 heavy (non-hydrogen) atoms. The maximum absolute atomic E-state index is 14.0. The topological polar surface area (TPSA) is 110 Å². The maximum atomic E-state index is 14.0. The van der Waals surface area contributed by atoms with Crippen molar-refractivity contribution in [1.29, 1.82) is 0 Å². The fourth-order valence-corrected chi connectivity index (χ4v) is 6.81. The number of aromatic nitrogens is 1. The molecule has 8 heteroatoms. The molecule has 1 aliphatic carbocycles. The second-order valence-corrected chi connectivity index (χ2v) is 12.6. The molecule has 208 valence electrons. The van der Waals surface area contributed by atoms with Crippen molar-refractivity contribution in [3.05, 3.63) is 59.9 Å². The number of carbonyl (C=O) groups is 2. The highest BCUT2D eigenvalue weighted by Crippen LogP contribution is 2.65. The van der Waals surface area contributed by atoms with Crippen molar-refractivity contribution in [3.8, 4) is 5.75 Å². The van der Waals surface area contributed by atoms with Gasteiger partial charge >= 0.3 is 0 Å². The van der Waals surface area contributed by atoms with Crippen LogP contribution >= 0.6 is 0 Å². The SMILES string of the molecule is CCC1(CC)CC(=O)N(C(c2cccnc2)C2C(C(=O)NC3CC(C)(C)Oc4ccccc43)C2(C)C)C(N)=N1. The van der Waals surface area contributed by atoms with Crippen LogP contribution in [0.4, 0.5) is 0 Å². The molecule has 2 amide bonds. The van der Waals surface area contributed by atoms with E-state index < -0.39 is 17.2 Å². The number of nitrogens with one attached hydrogen (secondary N) is 1. The van der Waals surface area contributed by atoms with Gasteiger partial charge in [0.2, 0.25) is 11.8 Å². The van der Waals surface area contributed by atoms with Crippen molar-refractivity contribution in [2.75, 3.05) is 0 Å². The number of benzene rings is 1. The molecular weight excluding hydrogens is 490 g/mol. The van der Waals surface area contributed by atoms with Gasteiger partial charge in [-0.15, -0.1) is 0 Å². The van der Waals surface area contributed by atoms with Gasteiger partial charge in [-0.3, -0.25) is 19.5 Å². The Morgan fingerprint density at radius 3 is 2.51 bits per heavy atom. The monoisotopic (exact) mass is 531 g/mol. The van der Waals surface area contributed by atoms with E-state index >= 15 is 0 Å². The zero-order chi connectivity index (χ0) is 28.2. The summed E-state index contributed by atoms with van der Waals surface area (Å²) in [6.45, 7) is 12.4. The third-order valence-corrected chi connectivity index (χ3v) is 9.19. The lowest BCUT2D eigenvalue weighted by atomic mass is 9.86. The number of para-hydroxylation sites is 1. The first-order valence-electron chi connectivity index (χ1n) is 14.1. The summed E-state index contributed by atoms with van der Waals surface area (Å²) in [6, 6.07) is 11.1. The van der Waals surface area contributed by atoms with Crippen LogP contribution in [-0.4, -0.2) is 38.8 Å². The lowest BCUT2D eigenvalue weighted by Crippen LogP contribution is -2.53. The Morgan fingerprint density at radius 1 is 1.15 bits per heavy atom.